The fourth-order valence-corrected chi connectivity index (χ4v) is 7.12. The third-order valence-electron chi connectivity index (χ3n) is 8.44. The van der Waals surface area contributed by atoms with Gasteiger partial charge in [-0.3, -0.25) is 10.7 Å². The molecule has 3 fully saturated rings. The normalized spacial score (nSPS) is 29.3. The van der Waals surface area contributed by atoms with Crippen molar-refractivity contribution in [3.05, 3.63) is 46.2 Å². The zero-order chi connectivity index (χ0) is 28.6. The van der Waals surface area contributed by atoms with E-state index in [1.54, 1.807) is 18.6 Å². The number of hydrogen-bond acceptors (Lipinski definition) is 12. The lowest BCUT2D eigenvalue weighted by atomic mass is 9.73. The molecule has 4 aliphatic rings. The molecule has 41 heavy (non-hydrogen) atoms. The summed E-state index contributed by atoms with van der Waals surface area (Å²) in [5, 5.41) is 7.96. The average molecular weight is 621 g/mol. The van der Waals surface area contributed by atoms with Crippen LogP contribution in [0.25, 0.3) is 0 Å². The number of ether oxygens (including phenoxy) is 2. The van der Waals surface area contributed by atoms with E-state index in [2.05, 4.69) is 37.4 Å². The Kier molecular flexibility index (Phi) is 8.34. The molecule has 2 aromatic rings. The number of allylic oxidation sites excluding steroid dienone is 1. The molecule has 2 aromatic heterocycles. The highest BCUT2D eigenvalue weighted by molar-refractivity contribution is 7.99. The Morgan fingerprint density at radius 2 is 2.02 bits per heavy atom. The van der Waals surface area contributed by atoms with Gasteiger partial charge in [0.2, 0.25) is 5.79 Å². The first kappa shape index (κ1) is 28.9. The van der Waals surface area contributed by atoms with Crippen molar-refractivity contribution >= 4 is 47.0 Å². The molecular formula is C27H35Cl2N9O2S. The minimum atomic E-state index is -1.41. The third kappa shape index (κ3) is 5.88. The molecule has 6 rings (SSSR count). The SMILES string of the molecule is C[C@@H]1OCC2(CCN(c3cnc(Sc4ccnc(C5(N)N=CC(Cl)=C(NC[C@H]6CCCO6)N5)c4Cl)cn3)CC2)[C@@H]1N. The van der Waals surface area contributed by atoms with Crippen LogP contribution < -0.4 is 27.0 Å². The number of rotatable bonds is 7. The van der Waals surface area contributed by atoms with Gasteiger partial charge in [-0.25, -0.2) is 15.0 Å². The molecule has 0 saturated carbocycles. The topological polar surface area (TPSA) is 149 Å². The van der Waals surface area contributed by atoms with Gasteiger partial charge < -0.3 is 30.7 Å². The summed E-state index contributed by atoms with van der Waals surface area (Å²) in [4.78, 5) is 21.2. The molecule has 6 heterocycles. The standard InChI is InChI=1S/C27H35Cl2N9O2S/c1-16-23(30)26(15-40-16)5-8-38(9-6-26)20-13-34-21(14-33-20)41-19-4-7-32-24(22(19)29)27(31)36-12-18(28)25(37-27)35-11-17-3-2-10-39-17/h4,7,12-14,16-17,23,35,37H,2-3,5-6,8-11,15,30-31H2,1H3/t16-,17+,23+,27?/m0/s1. The number of hydrogen-bond donors (Lipinski definition) is 4. The van der Waals surface area contributed by atoms with E-state index in [-0.39, 0.29) is 23.7 Å². The van der Waals surface area contributed by atoms with Crippen LogP contribution >= 0.6 is 35.0 Å². The zero-order valence-corrected chi connectivity index (χ0v) is 25.2. The van der Waals surface area contributed by atoms with Crippen molar-refractivity contribution in [3.8, 4) is 0 Å². The second-order valence-corrected chi connectivity index (χ2v) is 12.9. The fourth-order valence-electron chi connectivity index (χ4n) is 5.84. The second-order valence-electron chi connectivity index (χ2n) is 11.1. The van der Waals surface area contributed by atoms with Crippen molar-refractivity contribution in [3.63, 3.8) is 0 Å². The Morgan fingerprint density at radius 3 is 2.71 bits per heavy atom. The molecule has 4 aliphatic heterocycles. The molecule has 0 aromatic carbocycles. The molecule has 220 valence electrons. The van der Waals surface area contributed by atoms with Gasteiger partial charge in [0.1, 0.15) is 22.4 Å². The molecule has 6 N–H and O–H groups in total. The summed E-state index contributed by atoms with van der Waals surface area (Å²) in [7, 11) is 0. The molecule has 0 radical (unpaired) electrons. The van der Waals surface area contributed by atoms with Crippen LogP contribution in [0.3, 0.4) is 0 Å². The summed E-state index contributed by atoms with van der Waals surface area (Å²) >= 11 is 14.6. The van der Waals surface area contributed by atoms with Gasteiger partial charge in [0.25, 0.3) is 0 Å². The quantitative estimate of drug-likeness (QED) is 0.362. The van der Waals surface area contributed by atoms with E-state index in [1.165, 1.54) is 18.0 Å². The Hall–Kier alpha value is -2.19. The fraction of sp³-hybridized carbons (Fsp3) is 0.556. The van der Waals surface area contributed by atoms with Gasteiger partial charge in [-0.15, -0.1) is 0 Å². The smallest absolute Gasteiger partial charge is 0.229 e. The molecule has 0 amide bonds. The third-order valence-corrected chi connectivity index (χ3v) is 10.2. The van der Waals surface area contributed by atoms with Gasteiger partial charge in [-0.1, -0.05) is 35.0 Å². The molecule has 4 atom stereocenters. The number of aromatic nitrogens is 3. The van der Waals surface area contributed by atoms with Gasteiger partial charge in [0.15, 0.2) is 0 Å². The lowest BCUT2D eigenvalue weighted by Gasteiger charge is -2.41. The maximum Gasteiger partial charge on any atom is 0.229 e. The van der Waals surface area contributed by atoms with Crippen molar-refractivity contribution in [1.82, 2.24) is 25.6 Å². The summed E-state index contributed by atoms with van der Waals surface area (Å²) in [6.45, 7) is 5.93. The Labute approximate surface area is 253 Å². The maximum atomic E-state index is 6.84. The summed E-state index contributed by atoms with van der Waals surface area (Å²) in [5.41, 5.74) is 13.6. The van der Waals surface area contributed by atoms with Crippen molar-refractivity contribution in [2.75, 3.05) is 37.7 Å². The predicted octanol–water partition coefficient (Wildman–Crippen LogP) is 2.93. The van der Waals surface area contributed by atoms with Crippen LogP contribution in [0.4, 0.5) is 5.82 Å². The van der Waals surface area contributed by atoms with E-state index < -0.39 is 5.79 Å². The first-order valence-corrected chi connectivity index (χ1v) is 15.5. The molecule has 0 bridgehead atoms. The zero-order valence-electron chi connectivity index (χ0n) is 22.9. The summed E-state index contributed by atoms with van der Waals surface area (Å²) in [6, 6.07) is 1.90. The number of nitrogens with one attached hydrogen (secondary N) is 2. The van der Waals surface area contributed by atoms with E-state index in [0.717, 1.165) is 62.7 Å². The van der Waals surface area contributed by atoms with Crippen LogP contribution in [0.5, 0.6) is 0 Å². The number of nitrogens with two attached hydrogens (primary N) is 2. The highest BCUT2D eigenvalue weighted by Crippen LogP contribution is 2.42. The summed E-state index contributed by atoms with van der Waals surface area (Å²) in [5.74, 6) is -0.00578. The van der Waals surface area contributed by atoms with Crippen LogP contribution in [-0.4, -0.2) is 72.3 Å². The first-order valence-electron chi connectivity index (χ1n) is 13.9. The van der Waals surface area contributed by atoms with Crippen LogP contribution in [0.15, 0.2) is 50.4 Å². The van der Waals surface area contributed by atoms with E-state index in [4.69, 9.17) is 49.1 Å². The minimum Gasteiger partial charge on any atom is -0.376 e. The van der Waals surface area contributed by atoms with Crippen LogP contribution in [-0.2, 0) is 15.3 Å². The number of pyridine rings is 1. The molecule has 14 heteroatoms. The van der Waals surface area contributed by atoms with E-state index in [9.17, 15) is 0 Å². The summed E-state index contributed by atoms with van der Waals surface area (Å²) in [6.07, 6.45) is 11.0. The van der Waals surface area contributed by atoms with E-state index in [1.807, 2.05) is 6.07 Å². The Morgan fingerprint density at radius 1 is 1.20 bits per heavy atom. The number of nitrogens with zero attached hydrogens (tertiary/aromatic N) is 5. The molecule has 1 unspecified atom stereocenters. The van der Waals surface area contributed by atoms with Crippen LogP contribution in [0.1, 0.15) is 38.3 Å². The number of aliphatic imine (C=N–C) groups is 1. The predicted molar refractivity (Wildman–Crippen MR) is 160 cm³/mol. The van der Waals surface area contributed by atoms with Gasteiger partial charge in [0.05, 0.1) is 41.3 Å². The minimum absolute atomic E-state index is 0.0643. The largest absolute Gasteiger partial charge is 0.376 e. The number of anilines is 1. The summed E-state index contributed by atoms with van der Waals surface area (Å²) < 4.78 is 11.5. The lowest BCUT2D eigenvalue weighted by molar-refractivity contribution is 0.0974. The number of piperidine rings is 1. The highest BCUT2D eigenvalue weighted by Gasteiger charge is 2.47. The van der Waals surface area contributed by atoms with E-state index >= 15 is 0 Å². The van der Waals surface area contributed by atoms with Crippen molar-refractivity contribution in [2.45, 2.75) is 66.6 Å². The molecule has 3 saturated heterocycles. The van der Waals surface area contributed by atoms with Gasteiger partial charge in [0, 0.05) is 55.0 Å². The van der Waals surface area contributed by atoms with Crippen LogP contribution in [0, 0.1) is 5.41 Å². The van der Waals surface area contributed by atoms with Crippen molar-refractivity contribution in [1.29, 1.82) is 0 Å². The van der Waals surface area contributed by atoms with Crippen molar-refractivity contribution < 1.29 is 9.47 Å². The lowest BCUT2D eigenvalue weighted by Crippen LogP contribution is -2.54. The van der Waals surface area contributed by atoms with E-state index in [0.29, 0.717) is 33.1 Å². The molecule has 1 spiro atoms. The number of halogens is 2. The average Bonchev–Trinajstić information content (AvgIpc) is 3.60. The van der Waals surface area contributed by atoms with Gasteiger partial charge in [-0.2, -0.15) is 0 Å². The highest BCUT2D eigenvalue weighted by atomic mass is 35.5. The maximum absolute atomic E-state index is 6.84. The van der Waals surface area contributed by atoms with Crippen LogP contribution in [0.2, 0.25) is 5.02 Å². The molecule has 0 aliphatic carbocycles. The molecular weight excluding hydrogens is 585 g/mol. The van der Waals surface area contributed by atoms with Crippen molar-refractivity contribution in [2.24, 2.45) is 21.9 Å². The molecule has 11 nitrogen and oxygen atoms in total. The van der Waals surface area contributed by atoms with Gasteiger partial charge in [-0.05, 0) is 38.7 Å². The first-order chi connectivity index (χ1) is 19.8. The monoisotopic (exact) mass is 619 g/mol. The second kappa shape index (κ2) is 11.8. The Bertz CT molecular complexity index is 1320. The Balaban J connectivity index is 1.11. The van der Waals surface area contributed by atoms with Gasteiger partial charge >= 0.3 is 0 Å².